The van der Waals surface area contributed by atoms with Crippen LogP contribution in [0.1, 0.15) is 109 Å². The first-order valence-electron chi connectivity index (χ1n) is 14.3. The lowest BCUT2D eigenvalue weighted by atomic mass is 9.65. The summed E-state index contributed by atoms with van der Waals surface area (Å²) in [6.07, 6.45) is 16.6. The quantitative estimate of drug-likeness (QED) is 0.329. The van der Waals surface area contributed by atoms with Gasteiger partial charge in [-0.15, -0.1) is 0 Å². The van der Waals surface area contributed by atoms with E-state index in [4.69, 9.17) is 0 Å². The first-order chi connectivity index (χ1) is 17.2. The maximum absolute atomic E-state index is 12.5. The van der Waals surface area contributed by atoms with Gasteiger partial charge in [0.25, 0.3) is 0 Å². The predicted molar refractivity (Wildman–Crippen MR) is 133 cm³/mol. The summed E-state index contributed by atoms with van der Waals surface area (Å²) in [5.41, 5.74) is -1.45. The maximum Gasteiger partial charge on any atom is 0.419 e. The second-order valence-electron chi connectivity index (χ2n) is 11.6. The number of alkyl halides is 4. The molecular weight excluding hydrogens is 474 g/mol. The molecule has 3 fully saturated rings. The second-order valence-corrected chi connectivity index (χ2v) is 11.6. The fraction of sp³-hybridized carbons (Fsp3) is 0.800. The molecule has 3 saturated carbocycles. The SMILES string of the molecule is CCCC1CCC(C2CCC(C3CCC(CCF)CC3)CC2)CC1.Fc1ccc(C(F)(F)F)c(F)c1. The van der Waals surface area contributed by atoms with E-state index >= 15 is 0 Å². The Morgan fingerprint density at radius 3 is 1.44 bits per heavy atom. The van der Waals surface area contributed by atoms with Crippen LogP contribution < -0.4 is 0 Å². The average Bonchev–Trinajstić information content (AvgIpc) is 2.85. The van der Waals surface area contributed by atoms with Crippen LogP contribution in [0.3, 0.4) is 0 Å². The third-order valence-electron chi connectivity index (χ3n) is 9.38. The molecule has 0 aliphatic heterocycles. The van der Waals surface area contributed by atoms with E-state index in [9.17, 15) is 26.3 Å². The zero-order chi connectivity index (χ0) is 26.1. The van der Waals surface area contributed by atoms with E-state index in [2.05, 4.69) is 6.92 Å². The molecule has 3 aliphatic carbocycles. The van der Waals surface area contributed by atoms with Gasteiger partial charge in [-0.2, -0.15) is 13.2 Å². The van der Waals surface area contributed by atoms with Crippen LogP contribution in [0.2, 0.25) is 0 Å². The van der Waals surface area contributed by atoms with Crippen molar-refractivity contribution in [3.63, 3.8) is 0 Å². The van der Waals surface area contributed by atoms with Crippen LogP contribution >= 0.6 is 0 Å². The van der Waals surface area contributed by atoms with Gasteiger partial charge in [0.15, 0.2) is 0 Å². The molecule has 0 heterocycles. The van der Waals surface area contributed by atoms with Crippen LogP contribution in [-0.4, -0.2) is 6.67 Å². The summed E-state index contributed by atoms with van der Waals surface area (Å²) >= 11 is 0. The highest BCUT2D eigenvalue weighted by molar-refractivity contribution is 5.21. The average molecular weight is 519 g/mol. The third kappa shape index (κ3) is 8.68. The van der Waals surface area contributed by atoms with Crippen molar-refractivity contribution < 1.29 is 26.3 Å². The highest BCUT2D eigenvalue weighted by Gasteiger charge is 2.35. The molecular formula is C30H44F6. The van der Waals surface area contributed by atoms with Crippen LogP contribution in [0.4, 0.5) is 26.3 Å². The van der Waals surface area contributed by atoms with E-state index < -0.39 is 23.4 Å². The summed E-state index contributed by atoms with van der Waals surface area (Å²) in [6.45, 7) is 2.25. The Bertz CT molecular complexity index is 717. The zero-order valence-electron chi connectivity index (χ0n) is 21.8. The van der Waals surface area contributed by atoms with Gasteiger partial charge < -0.3 is 0 Å². The highest BCUT2D eigenvalue weighted by atomic mass is 19.4. The molecule has 3 aliphatic rings. The topological polar surface area (TPSA) is 0 Å². The lowest BCUT2D eigenvalue weighted by Crippen LogP contribution is -2.29. The molecule has 0 bridgehead atoms. The summed E-state index contributed by atoms with van der Waals surface area (Å²) in [5, 5.41) is 0. The van der Waals surface area contributed by atoms with Gasteiger partial charge in [-0.25, -0.2) is 8.78 Å². The molecule has 6 heteroatoms. The minimum atomic E-state index is -4.77. The van der Waals surface area contributed by atoms with Gasteiger partial charge in [0.05, 0.1) is 12.2 Å². The highest BCUT2D eigenvalue weighted by Crippen LogP contribution is 2.46. The van der Waals surface area contributed by atoms with Gasteiger partial charge >= 0.3 is 6.18 Å². The molecule has 4 rings (SSSR count). The lowest BCUT2D eigenvalue weighted by Gasteiger charge is -2.41. The van der Waals surface area contributed by atoms with Crippen LogP contribution in [0.5, 0.6) is 0 Å². The van der Waals surface area contributed by atoms with Crippen LogP contribution in [-0.2, 0) is 6.18 Å². The van der Waals surface area contributed by atoms with Crippen molar-refractivity contribution >= 4 is 0 Å². The van der Waals surface area contributed by atoms with Crippen LogP contribution in [0, 0.1) is 47.1 Å². The van der Waals surface area contributed by atoms with E-state index in [1.165, 1.54) is 89.9 Å². The number of benzene rings is 1. The Morgan fingerprint density at radius 1 is 0.667 bits per heavy atom. The fourth-order valence-electron chi connectivity index (χ4n) is 7.27. The third-order valence-corrected chi connectivity index (χ3v) is 9.38. The van der Waals surface area contributed by atoms with Gasteiger partial charge in [0.2, 0.25) is 0 Å². The molecule has 206 valence electrons. The molecule has 1 aromatic rings. The van der Waals surface area contributed by atoms with Crippen LogP contribution in [0.15, 0.2) is 18.2 Å². The van der Waals surface area contributed by atoms with E-state index in [0.717, 1.165) is 36.0 Å². The minimum Gasteiger partial charge on any atom is -0.251 e. The van der Waals surface area contributed by atoms with Gasteiger partial charge in [0, 0.05) is 6.07 Å². The van der Waals surface area contributed by atoms with Gasteiger partial charge in [-0.1, -0.05) is 45.4 Å². The summed E-state index contributed by atoms with van der Waals surface area (Å²) in [7, 11) is 0. The van der Waals surface area contributed by atoms with Crippen molar-refractivity contribution in [2.45, 2.75) is 109 Å². The van der Waals surface area contributed by atoms with Crippen molar-refractivity contribution in [3.05, 3.63) is 35.4 Å². The summed E-state index contributed by atoms with van der Waals surface area (Å²) < 4.78 is 72.5. The molecule has 0 spiro atoms. The van der Waals surface area contributed by atoms with Gasteiger partial charge in [-0.3, -0.25) is 4.39 Å². The Balaban J connectivity index is 0.000000253. The summed E-state index contributed by atoms with van der Waals surface area (Å²) in [4.78, 5) is 0. The fourth-order valence-corrected chi connectivity index (χ4v) is 7.27. The monoisotopic (exact) mass is 518 g/mol. The molecule has 0 atom stereocenters. The first kappa shape index (κ1) is 29.4. The Hall–Kier alpha value is -1.20. The van der Waals surface area contributed by atoms with Crippen molar-refractivity contribution in [1.29, 1.82) is 0 Å². The number of rotatable bonds is 6. The van der Waals surface area contributed by atoms with E-state index in [1.54, 1.807) is 0 Å². The van der Waals surface area contributed by atoms with Crippen LogP contribution in [0.25, 0.3) is 0 Å². The second kappa shape index (κ2) is 14.1. The molecule has 0 N–H and O–H groups in total. The smallest absolute Gasteiger partial charge is 0.251 e. The maximum atomic E-state index is 12.5. The van der Waals surface area contributed by atoms with Crippen molar-refractivity contribution in [2.24, 2.45) is 35.5 Å². The standard InChI is InChI=1S/C23H41F.C7H3F5/c1-2-3-18-4-8-20(9-5-18)22-12-14-23(15-13-22)21-10-6-19(7-11-21)16-17-24;8-4-1-2-5(6(9)3-4)7(10,11)12/h18-23H,2-17H2,1H3;1-3H. The van der Waals surface area contributed by atoms with E-state index in [-0.39, 0.29) is 12.7 Å². The number of hydrogen-bond acceptors (Lipinski definition) is 0. The predicted octanol–water partition coefficient (Wildman–Crippen LogP) is 10.5. The lowest BCUT2D eigenvalue weighted by molar-refractivity contribution is -0.140. The molecule has 36 heavy (non-hydrogen) atoms. The van der Waals surface area contributed by atoms with Gasteiger partial charge in [-0.05, 0) is 105 Å². The Morgan fingerprint density at radius 2 is 1.08 bits per heavy atom. The minimum absolute atomic E-state index is 0.0963. The molecule has 1 aromatic carbocycles. The van der Waals surface area contributed by atoms with E-state index in [0.29, 0.717) is 18.1 Å². The molecule has 0 nitrogen and oxygen atoms in total. The Labute approximate surface area is 213 Å². The normalized spacial score (nSPS) is 31.4. The molecule has 0 radical (unpaired) electrons. The number of halogens is 6. The number of hydrogen-bond donors (Lipinski definition) is 0. The van der Waals surface area contributed by atoms with Crippen molar-refractivity contribution in [2.75, 3.05) is 6.67 Å². The van der Waals surface area contributed by atoms with Crippen molar-refractivity contribution in [1.82, 2.24) is 0 Å². The zero-order valence-corrected chi connectivity index (χ0v) is 21.8. The van der Waals surface area contributed by atoms with E-state index in [1.807, 2.05) is 0 Å². The molecule has 0 unspecified atom stereocenters. The largest absolute Gasteiger partial charge is 0.419 e. The molecule has 0 saturated heterocycles. The first-order valence-corrected chi connectivity index (χ1v) is 14.3. The molecule has 0 amide bonds. The van der Waals surface area contributed by atoms with Crippen molar-refractivity contribution in [3.8, 4) is 0 Å². The van der Waals surface area contributed by atoms with Gasteiger partial charge in [0.1, 0.15) is 11.6 Å². The Kier molecular flexibility index (Phi) is 11.5. The summed E-state index contributed by atoms with van der Waals surface area (Å²) in [5.74, 6) is 3.28. The summed E-state index contributed by atoms with van der Waals surface area (Å²) in [6, 6.07) is 1.12. The molecule has 0 aromatic heterocycles.